The molecule has 0 spiro atoms. The fourth-order valence-electron chi connectivity index (χ4n) is 10.2. The second-order valence-corrected chi connectivity index (χ2v) is 17.3. The summed E-state index contributed by atoms with van der Waals surface area (Å²) in [7, 11) is 0. The van der Waals surface area contributed by atoms with E-state index in [0.29, 0.717) is 0 Å². The van der Waals surface area contributed by atoms with Crippen molar-refractivity contribution in [1.29, 1.82) is 0 Å². The molecular formula is C64H42N2O. The number of para-hydroxylation sites is 2. The molecule has 314 valence electrons. The molecule has 0 N–H and O–H groups in total. The van der Waals surface area contributed by atoms with E-state index >= 15 is 0 Å². The van der Waals surface area contributed by atoms with Crippen molar-refractivity contribution in [3.05, 3.63) is 255 Å². The van der Waals surface area contributed by atoms with Gasteiger partial charge in [-0.15, -0.1) is 0 Å². The maximum Gasteiger partial charge on any atom is 0.135 e. The molecule has 2 heterocycles. The van der Waals surface area contributed by atoms with Gasteiger partial charge in [0.1, 0.15) is 11.2 Å². The van der Waals surface area contributed by atoms with Gasteiger partial charge < -0.3 is 13.9 Å². The first-order chi connectivity index (χ1) is 33.2. The van der Waals surface area contributed by atoms with E-state index in [1.807, 2.05) is 12.1 Å². The van der Waals surface area contributed by atoms with Crippen LogP contribution in [0.25, 0.3) is 105 Å². The van der Waals surface area contributed by atoms with Crippen LogP contribution >= 0.6 is 0 Å². The Labute approximate surface area is 388 Å². The first kappa shape index (κ1) is 38.5. The lowest BCUT2D eigenvalue weighted by Crippen LogP contribution is -2.11. The van der Waals surface area contributed by atoms with E-state index in [1.165, 1.54) is 49.4 Å². The zero-order chi connectivity index (χ0) is 44.3. The molecule has 11 aromatic carbocycles. The summed E-state index contributed by atoms with van der Waals surface area (Å²) in [6, 6.07) is 92.2. The molecule has 67 heavy (non-hydrogen) atoms. The quantitative estimate of drug-likeness (QED) is 0.152. The fourth-order valence-corrected chi connectivity index (χ4v) is 10.2. The van der Waals surface area contributed by atoms with Gasteiger partial charge in [0.25, 0.3) is 0 Å². The lowest BCUT2D eigenvalue weighted by molar-refractivity contribution is 0.669. The van der Waals surface area contributed by atoms with Crippen molar-refractivity contribution < 1.29 is 4.42 Å². The molecule has 3 nitrogen and oxygen atoms in total. The second kappa shape index (κ2) is 16.0. The molecule has 0 aliphatic heterocycles. The van der Waals surface area contributed by atoms with Gasteiger partial charge in [0.15, 0.2) is 0 Å². The minimum Gasteiger partial charge on any atom is -0.456 e. The van der Waals surface area contributed by atoms with Crippen molar-refractivity contribution in [2.75, 3.05) is 4.90 Å². The third kappa shape index (κ3) is 6.67. The summed E-state index contributed by atoms with van der Waals surface area (Å²) in [4.78, 5) is 2.44. The second-order valence-electron chi connectivity index (χ2n) is 17.3. The van der Waals surface area contributed by atoms with Gasteiger partial charge in [-0.3, -0.25) is 0 Å². The Bertz CT molecular complexity index is 3920. The van der Waals surface area contributed by atoms with E-state index in [9.17, 15) is 0 Å². The Morgan fingerprint density at radius 2 is 0.881 bits per heavy atom. The molecule has 0 saturated heterocycles. The van der Waals surface area contributed by atoms with Gasteiger partial charge in [-0.1, -0.05) is 182 Å². The lowest BCUT2D eigenvalue weighted by atomic mass is 9.94. The first-order valence-corrected chi connectivity index (χ1v) is 22.9. The number of anilines is 3. The third-order valence-electron chi connectivity index (χ3n) is 13.3. The molecule has 0 amide bonds. The van der Waals surface area contributed by atoms with Crippen molar-refractivity contribution in [3.63, 3.8) is 0 Å². The summed E-state index contributed by atoms with van der Waals surface area (Å²) < 4.78 is 8.85. The number of rotatable bonds is 8. The molecule has 0 unspecified atom stereocenters. The molecule has 0 saturated carbocycles. The molecule has 13 aromatic rings. The van der Waals surface area contributed by atoms with Crippen LogP contribution in [0.2, 0.25) is 0 Å². The Morgan fingerprint density at radius 1 is 0.299 bits per heavy atom. The number of furan rings is 1. The zero-order valence-electron chi connectivity index (χ0n) is 36.6. The molecule has 0 aliphatic rings. The Morgan fingerprint density at radius 3 is 1.63 bits per heavy atom. The highest BCUT2D eigenvalue weighted by Gasteiger charge is 2.23. The normalized spacial score (nSPS) is 11.6. The summed E-state index contributed by atoms with van der Waals surface area (Å²) in [5.74, 6) is 0. The Hall–Kier alpha value is -8.92. The monoisotopic (exact) mass is 854 g/mol. The topological polar surface area (TPSA) is 21.3 Å². The standard InChI is InChI=1S/C64H42N2O/c1-4-17-43(18-5-1)47-24-16-25-51(38-47)65(52-33-36-63-58(42-52)57-28-13-15-30-62(57)67-63)60-35-32-46-23-10-11-26-54(46)64(60)48-31-34-56-55-27-12-14-29-59(55)66(61(56)41-48)53-39-49(44-19-6-2-7-20-44)37-50(40-53)45-21-8-3-9-22-45/h1-42H. The zero-order valence-corrected chi connectivity index (χ0v) is 36.6. The van der Waals surface area contributed by atoms with Crippen LogP contribution in [0.5, 0.6) is 0 Å². The average molecular weight is 855 g/mol. The molecule has 0 fully saturated rings. The van der Waals surface area contributed by atoms with Crippen molar-refractivity contribution in [2.45, 2.75) is 0 Å². The number of nitrogens with zero attached hydrogens (tertiary/aromatic N) is 2. The summed E-state index contributed by atoms with van der Waals surface area (Å²) in [6.45, 7) is 0. The number of hydrogen-bond acceptors (Lipinski definition) is 2. The minimum atomic E-state index is 0.867. The summed E-state index contributed by atoms with van der Waals surface area (Å²) in [6.07, 6.45) is 0. The SMILES string of the molecule is c1ccc(-c2cccc(N(c3ccc4oc5ccccc5c4c3)c3ccc4ccccc4c3-c3ccc4c5ccccc5n(-c5cc(-c6ccccc6)cc(-c6ccccc6)c5)c4c3)c2)cc1. The van der Waals surface area contributed by atoms with Crippen LogP contribution in [0.4, 0.5) is 17.1 Å². The highest BCUT2D eigenvalue weighted by molar-refractivity contribution is 6.13. The van der Waals surface area contributed by atoms with Crippen LogP contribution in [0.3, 0.4) is 0 Å². The van der Waals surface area contributed by atoms with Crippen LogP contribution in [0.1, 0.15) is 0 Å². The predicted octanol–water partition coefficient (Wildman–Crippen LogP) is 18.0. The number of benzene rings is 11. The van der Waals surface area contributed by atoms with Gasteiger partial charge >= 0.3 is 0 Å². The molecule has 0 radical (unpaired) electrons. The molecule has 0 bridgehead atoms. The van der Waals surface area contributed by atoms with E-state index in [0.717, 1.165) is 72.4 Å². The van der Waals surface area contributed by atoms with E-state index in [2.05, 4.69) is 252 Å². The van der Waals surface area contributed by atoms with Gasteiger partial charge in [0.05, 0.1) is 16.7 Å². The van der Waals surface area contributed by atoms with Crippen LogP contribution in [-0.4, -0.2) is 4.57 Å². The van der Waals surface area contributed by atoms with Gasteiger partial charge in [-0.2, -0.15) is 0 Å². The van der Waals surface area contributed by atoms with Crippen molar-refractivity contribution in [3.8, 4) is 50.2 Å². The van der Waals surface area contributed by atoms with E-state index < -0.39 is 0 Å². The first-order valence-electron chi connectivity index (χ1n) is 22.9. The number of aromatic nitrogens is 1. The average Bonchev–Trinajstić information content (AvgIpc) is 3.94. The number of fused-ring (bicyclic) bond motifs is 7. The lowest BCUT2D eigenvalue weighted by Gasteiger charge is -2.29. The van der Waals surface area contributed by atoms with Gasteiger partial charge in [-0.25, -0.2) is 0 Å². The summed E-state index contributed by atoms with van der Waals surface area (Å²) >= 11 is 0. The van der Waals surface area contributed by atoms with Crippen LogP contribution in [0, 0.1) is 0 Å². The Balaban J connectivity index is 1.08. The van der Waals surface area contributed by atoms with Crippen molar-refractivity contribution >= 4 is 71.6 Å². The van der Waals surface area contributed by atoms with E-state index in [1.54, 1.807) is 0 Å². The van der Waals surface area contributed by atoms with Crippen LogP contribution < -0.4 is 4.90 Å². The summed E-state index contributed by atoms with van der Waals surface area (Å²) in [5.41, 5.74) is 17.7. The maximum atomic E-state index is 6.38. The smallest absolute Gasteiger partial charge is 0.135 e. The third-order valence-corrected chi connectivity index (χ3v) is 13.3. The Kier molecular flexibility index (Phi) is 9.17. The van der Waals surface area contributed by atoms with Crippen LogP contribution in [0.15, 0.2) is 259 Å². The fraction of sp³-hybridized carbons (Fsp3) is 0. The minimum absolute atomic E-state index is 0.867. The van der Waals surface area contributed by atoms with E-state index in [-0.39, 0.29) is 0 Å². The molecule has 0 atom stereocenters. The number of hydrogen-bond donors (Lipinski definition) is 0. The molecular weight excluding hydrogens is 813 g/mol. The molecule has 2 aromatic heterocycles. The highest BCUT2D eigenvalue weighted by Crippen LogP contribution is 2.47. The molecule has 3 heteroatoms. The molecule has 13 rings (SSSR count). The summed E-state index contributed by atoms with van der Waals surface area (Å²) in [5, 5.41) is 6.96. The largest absolute Gasteiger partial charge is 0.456 e. The highest BCUT2D eigenvalue weighted by atomic mass is 16.3. The van der Waals surface area contributed by atoms with Gasteiger partial charge in [0, 0.05) is 44.2 Å². The van der Waals surface area contributed by atoms with Crippen molar-refractivity contribution in [1.82, 2.24) is 4.57 Å². The maximum absolute atomic E-state index is 6.38. The van der Waals surface area contributed by atoms with Crippen molar-refractivity contribution in [2.24, 2.45) is 0 Å². The molecule has 0 aliphatic carbocycles. The van der Waals surface area contributed by atoms with E-state index in [4.69, 9.17) is 4.42 Å². The van der Waals surface area contributed by atoms with Gasteiger partial charge in [0.2, 0.25) is 0 Å². The van der Waals surface area contributed by atoms with Crippen LogP contribution in [-0.2, 0) is 0 Å². The predicted molar refractivity (Wildman–Crippen MR) is 282 cm³/mol. The van der Waals surface area contributed by atoms with Gasteiger partial charge in [-0.05, 0) is 123 Å².